The Hall–Kier alpha value is -1.28. The Morgan fingerprint density at radius 3 is 2.60 bits per heavy atom. The second-order valence-electron chi connectivity index (χ2n) is 2.60. The molecule has 15 heavy (non-hydrogen) atoms. The summed E-state index contributed by atoms with van der Waals surface area (Å²) in [4.78, 5) is 3.63. The van der Waals surface area contributed by atoms with Gasteiger partial charge >= 0.3 is 0 Å². The first-order valence-corrected chi connectivity index (χ1v) is 4.92. The van der Waals surface area contributed by atoms with Crippen LogP contribution in [-0.2, 0) is 6.42 Å². The highest BCUT2D eigenvalue weighted by Crippen LogP contribution is 2.23. The van der Waals surface area contributed by atoms with E-state index < -0.39 is 12.1 Å². The number of hydrogen-bond donors (Lipinski definition) is 0. The molecule has 0 atom stereocenters. The van der Waals surface area contributed by atoms with Crippen LogP contribution in [-0.4, -0.2) is 4.98 Å². The third kappa shape index (κ3) is 2.60. The smallest absolute Gasteiger partial charge is 0.248 e. The molecule has 0 aliphatic carbocycles. The average Bonchev–Trinajstić information content (AvgIpc) is 2.20. The van der Waals surface area contributed by atoms with Crippen LogP contribution in [0.1, 0.15) is 23.4 Å². The molecule has 0 aromatic carbocycles. The highest BCUT2D eigenvalue weighted by Gasteiger charge is 2.17. The molecule has 1 aromatic heterocycles. The number of halogens is 3. The van der Waals surface area contributed by atoms with Gasteiger partial charge in [0.05, 0.1) is 23.7 Å². The van der Waals surface area contributed by atoms with Gasteiger partial charge in [-0.2, -0.15) is 10.5 Å². The molecule has 0 bridgehead atoms. The summed E-state index contributed by atoms with van der Waals surface area (Å²) in [6, 6.07) is 4.81. The topological polar surface area (TPSA) is 60.5 Å². The zero-order valence-electron chi connectivity index (χ0n) is 7.34. The van der Waals surface area contributed by atoms with Gasteiger partial charge in [0.2, 0.25) is 0 Å². The van der Waals surface area contributed by atoms with Gasteiger partial charge in [0.25, 0.3) is 6.43 Å². The summed E-state index contributed by atoms with van der Waals surface area (Å²) < 4.78 is 25.5. The molecule has 0 spiro atoms. The van der Waals surface area contributed by atoms with E-state index in [-0.39, 0.29) is 17.7 Å². The molecule has 0 saturated carbocycles. The first-order valence-electron chi connectivity index (χ1n) is 3.84. The van der Waals surface area contributed by atoms with Crippen molar-refractivity contribution in [2.45, 2.75) is 12.8 Å². The van der Waals surface area contributed by atoms with Crippen molar-refractivity contribution in [3.63, 3.8) is 0 Å². The molecule has 0 N–H and O–H groups in total. The standard InChI is InChI=1S/C9H4F2IN3/c10-9(11)8-5(4-14)3-6(12)7(15-8)1-2-13/h3,9H,1H2. The quantitative estimate of drug-likeness (QED) is 0.787. The van der Waals surface area contributed by atoms with Gasteiger partial charge in [-0.15, -0.1) is 0 Å². The molecule has 3 nitrogen and oxygen atoms in total. The van der Waals surface area contributed by atoms with Gasteiger partial charge < -0.3 is 0 Å². The van der Waals surface area contributed by atoms with Crippen molar-refractivity contribution in [2.75, 3.05) is 0 Å². The molecule has 0 unspecified atom stereocenters. The minimum atomic E-state index is -2.80. The molecular weight excluding hydrogens is 315 g/mol. The number of aromatic nitrogens is 1. The average molecular weight is 319 g/mol. The lowest BCUT2D eigenvalue weighted by molar-refractivity contribution is 0.145. The van der Waals surface area contributed by atoms with Crippen LogP contribution in [0.5, 0.6) is 0 Å². The number of rotatable bonds is 2. The largest absolute Gasteiger partial charge is 0.281 e. The van der Waals surface area contributed by atoms with Crippen molar-refractivity contribution in [3.8, 4) is 12.1 Å². The van der Waals surface area contributed by atoms with Crippen LogP contribution in [0.4, 0.5) is 8.78 Å². The van der Waals surface area contributed by atoms with Crippen LogP contribution >= 0.6 is 22.6 Å². The Balaban J connectivity index is 3.33. The van der Waals surface area contributed by atoms with E-state index in [1.165, 1.54) is 6.07 Å². The fourth-order valence-electron chi connectivity index (χ4n) is 0.998. The van der Waals surface area contributed by atoms with Gasteiger partial charge in [-0.05, 0) is 28.7 Å². The fraction of sp³-hybridized carbons (Fsp3) is 0.222. The summed E-state index contributed by atoms with van der Waals surface area (Å²) in [6.45, 7) is 0. The first kappa shape index (κ1) is 11.8. The number of alkyl halides is 2. The van der Waals surface area contributed by atoms with E-state index in [4.69, 9.17) is 10.5 Å². The van der Waals surface area contributed by atoms with Gasteiger partial charge in [-0.25, -0.2) is 13.8 Å². The van der Waals surface area contributed by atoms with Gasteiger partial charge in [0.15, 0.2) is 0 Å². The van der Waals surface area contributed by atoms with E-state index in [2.05, 4.69) is 4.98 Å². The van der Waals surface area contributed by atoms with Gasteiger partial charge in [0.1, 0.15) is 11.8 Å². The Kier molecular flexibility index (Phi) is 3.92. The Labute approximate surface area is 98.5 Å². The summed E-state index contributed by atoms with van der Waals surface area (Å²) in [5.74, 6) is 0. The van der Waals surface area contributed by atoms with E-state index in [0.717, 1.165) is 0 Å². The monoisotopic (exact) mass is 319 g/mol. The molecular formula is C9H4F2IN3. The molecule has 0 aliphatic heterocycles. The van der Waals surface area contributed by atoms with Gasteiger partial charge in [-0.1, -0.05) is 0 Å². The van der Waals surface area contributed by atoms with Gasteiger partial charge in [-0.3, -0.25) is 0 Å². The minimum absolute atomic E-state index is 0.0380. The van der Waals surface area contributed by atoms with Gasteiger partial charge in [0, 0.05) is 3.57 Å². The summed E-state index contributed by atoms with van der Waals surface area (Å²) in [5.41, 5.74) is -0.411. The molecule has 0 fully saturated rings. The molecule has 1 rings (SSSR count). The number of hydrogen-bond acceptors (Lipinski definition) is 3. The molecule has 1 aromatic rings. The molecule has 1 heterocycles. The summed E-state index contributed by atoms with van der Waals surface area (Å²) in [6.07, 6.45) is -2.84. The Morgan fingerprint density at radius 2 is 2.13 bits per heavy atom. The fourth-order valence-corrected chi connectivity index (χ4v) is 1.62. The van der Waals surface area contributed by atoms with Crippen LogP contribution in [0.3, 0.4) is 0 Å². The Morgan fingerprint density at radius 1 is 1.47 bits per heavy atom. The lowest BCUT2D eigenvalue weighted by Gasteiger charge is -2.05. The third-order valence-electron chi connectivity index (χ3n) is 1.65. The molecule has 6 heteroatoms. The van der Waals surface area contributed by atoms with Crippen molar-refractivity contribution in [2.24, 2.45) is 0 Å². The minimum Gasteiger partial charge on any atom is -0.248 e. The van der Waals surface area contributed by atoms with Crippen molar-refractivity contribution >= 4 is 22.6 Å². The Bertz CT molecular complexity index is 460. The number of pyridine rings is 1. The second-order valence-corrected chi connectivity index (χ2v) is 3.76. The summed E-state index contributed by atoms with van der Waals surface area (Å²) >= 11 is 1.86. The molecule has 0 amide bonds. The first-order chi connectivity index (χ1) is 7.10. The van der Waals surface area contributed by atoms with Crippen molar-refractivity contribution in [1.29, 1.82) is 10.5 Å². The second kappa shape index (κ2) is 4.99. The van der Waals surface area contributed by atoms with Crippen molar-refractivity contribution in [1.82, 2.24) is 4.98 Å². The van der Waals surface area contributed by atoms with Crippen LogP contribution in [0.2, 0.25) is 0 Å². The van der Waals surface area contributed by atoms with E-state index in [0.29, 0.717) is 3.57 Å². The molecule has 0 aliphatic rings. The third-order valence-corrected chi connectivity index (χ3v) is 2.59. The van der Waals surface area contributed by atoms with E-state index >= 15 is 0 Å². The zero-order valence-corrected chi connectivity index (χ0v) is 9.49. The maximum atomic E-state index is 12.5. The van der Waals surface area contributed by atoms with Crippen molar-refractivity contribution in [3.05, 3.63) is 26.6 Å². The summed E-state index contributed by atoms with van der Waals surface area (Å²) in [5, 5.41) is 17.1. The van der Waals surface area contributed by atoms with Crippen molar-refractivity contribution < 1.29 is 8.78 Å². The van der Waals surface area contributed by atoms with E-state index in [1.807, 2.05) is 28.7 Å². The van der Waals surface area contributed by atoms with Crippen LogP contribution in [0.25, 0.3) is 0 Å². The molecule has 0 radical (unpaired) electrons. The SMILES string of the molecule is N#CCc1nc(C(F)F)c(C#N)cc1I. The highest BCUT2D eigenvalue weighted by atomic mass is 127. The maximum Gasteiger partial charge on any atom is 0.281 e. The summed E-state index contributed by atoms with van der Waals surface area (Å²) in [7, 11) is 0. The van der Waals surface area contributed by atoms with Crippen LogP contribution < -0.4 is 0 Å². The van der Waals surface area contributed by atoms with E-state index in [9.17, 15) is 8.78 Å². The predicted molar refractivity (Wildman–Crippen MR) is 55.9 cm³/mol. The number of nitriles is 2. The van der Waals surface area contributed by atoms with E-state index in [1.54, 1.807) is 6.07 Å². The highest BCUT2D eigenvalue weighted by molar-refractivity contribution is 14.1. The maximum absolute atomic E-state index is 12.5. The molecule has 0 saturated heterocycles. The zero-order chi connectivity index (χ0) is 11.4. The normalized spacial score (nSPS) is 9.73. The van der Waals surface area contributed by atoms with Crippen LogP contribution in [0, 0.1) is 26.2 Å². The number of nitrogens with zero attached hydrogens (tertiary/aromatic N) is 3. The van der Waals surface area contributed by atoms with Crippen LogP contribution in [0.15, 0.2) is 6.07 Å². The predicted octanol–water partition coefficient (Wildman–Crippen LogP) is 2.56. The lowest BCUT2D eigenvalue weighted by atomic mass is 10.1. The lowest BCUT2D eigenvalue weighted by Crippen LogP contribution is -2.02. The molecule has 76 valence electrons.